The van der Waals surface area contributed by atoms with Crippen LogP contribution >= 0.6 is 0 Å². The summed E-state index contributed by atoms with van der Waals surface area (Å²) in [6.07, 6.45) is 6.21. The number of allylic oxidation sites excluding steroid dienone is 1. The van der Waals surface area contributed by atoms with Crippen molar-refractivity contribution in [3.05, 3.63) is 23.8 Å². The van der Waals surface area contributed by atoms with E-state index in [9.17, 15) is 4.79 Å². The summed E-state index contributed by atoms with van der Waals surface area (Å²) in [7, 11) is 0. The van der Waals surface area contributed by atoms with Crippen molar-refractivity contribution in [2.45, 2.75) is 13.3 Å². The lowest BCUT2D eigenvalue weighted by Crippen LogP contribution is -2.25. The maximum absolute atomic E-state index is 11.0. The summed E-state index contributed by atoms with van der Waals surface area (Å²) in [6.45, 7) is 3.92. The Morgan fingerprint density at radius 3 is 3.23 bits per heavy atom. The summed E-state index contributed by atoms with van der Waals surface area (Å²) >= 11 is 0. The monoisotopic (exact) mass is 181 g/mol. The third kappa shape index (κ3) is 3.90. The second kappa shape index (κ2) is 5.54. The zero-order valence-corrected chi connectivity index (χ0v) is 7.88. The SMILES string of the molecule is C/C=C/C(=O)NCC1=CCOCC1. The van der Waals surface area contributed by atoms with Crippen molar-refractivity contribution in [2.75, 3.05) is 19.8 Å². The number of ether oxygens (including phenoxy) is 1. The highest BCUT2D eigenvalue weighted by molar-refractivity contribution is 5.87. The summed E-state index contributed by atoms with van der Waals surface area (Å²) in [5.74, 6) is -0.0325. The van der Waals surface area contributed by atoms with Gasteiger partial charge in [0.05, 0.1) is 13.2 Å². The Labute approximate surface area is 78.5 Å². The van der Waals surface area contributed by atoms with Gasteiger partial charge in [0.15, 0.2) is 0 Å². The van der Waals surface area contributed by atoms with E-state index in [1.54, 1.807) is 6.08 Å². The van der Waals surface area contributed by atoms with Crippen molar-refractivity contribution >= 4 is 5.91 Å². The van der Waals surface area contributed by atoms with Crippen LogP contribution < -0.4 is 5.32 Å². The number of carbonyl (C=O) groups excluding carboxylic acids is 1. The van der Waals surface area contributed by atoms with E-state index in [-0.39, 0.29) is 5.91 Å². The molecule has 0 fully saturated rings. The molecule has 0 aliphatic carbocycles. The van der Waals surface area contributed by atoms with E-state index in [1.807, 2.05) is 13.0 Å². The number of nitrogens with one attached hydrogen (secondary N) is 1. The zero-order chi connectivity index (χ0) is 9.52. The molecule has 0 atom stereocenters. The molecule has 1 amide bonds. The first-order valence-corrected chi connectivity index (χ1v) is 4.49. The van der Waals surface area contributed by atoms with Gasteiger partial charge in [-0.05, 0) is 19.4 Å². The first kappa shape index (κ1) is 9.99. The molecule has 0 aromatic carbocycles. The van der Waals surface area contributed by atoms with Crippen LogP contribution in [0.2, 0.25) is 0 Å². The highest BCUT2D eigenvalue weighted by atomic mass is 16.5. The van der Waals surface area contributed by atoms with Gasteiger partial charge in [-0.2, -0.15) is 0 Å². The van der Waals surface area contributed by atoms with Crippen LogP contribution in [-0.2, 0) is 9.53 Å². The number of hydrogen-bond acceptors (Lipinski definition) is 2. The lowest BCUT2D eigenvalue weighted by molar-refractivity contribution is -0.116. The summed E-state index contributed by atoms with van der Waals surface area (Å²) < 4.78 is 5.15. The van der Waals surface area contributed by atoms with Gasteiger partial charge in [-0.15, -0.1) is 0 Å². The maximum atomic E-state index is 11.0. The van der Waals surface area contributed by atoms with Crippen molar-refractivity contribution in [3.63, 3.8) is 0 Å². The predicted molar refractivity (Wildman–Crippen MR) is 51.3 cm³/mol. The smallest absolute Gasteiger partial charge is 0.243 e. The number of hydrogen-bond donors (Lipinski definition) is 1. The molecule has 1 aliphatic heterocycles. The average molecular weight is 181 g/mol. The molecule has 0 saturated heterocycles. The van der Waals surface area contributed by atoms with E-state index in [0.29, 0.717) is 13.2 Å². The van der Waals surface area contributed by atoms with Crippen molar-refractivity contribution in [3.8, 4) is 0 Å². The van der Waals surface area contributed by atoms with E-state index in [2.05, 4.69) is 5.32 Å². The molecule has 72 valence electrons. The number of amides is 1. The predicted octanol–water partition coefficient (Wildman–Crippen LogP) is 1.03. The van der Waals surface area contributed by atoms with E-state index < -0.39 is 0 Å². The van der Waals surface area contributed by atoms with Crippen molar-refractivity contribution in [2.24, 2.45) is 0 Å². The Morgan fingerprint density at radius 1 is 1.77 bits per heavy atom. The van der Waals surface area contributed by atoms with Gasteiger partial charge >= 0.3 is 0 Å². The Hall–Kier alpha value is -1.09. The van der Waals surface area contributed by atoms with Gasteiger partial charge in [0.2, 0.25) is 5.91 Å². The van der Waals surface area contributed by atoms with Crippen molar-refractivity contribution in [1.29, 1.82) is 0 Å². The van der Waals surface area contributed by atoms with Gasteiger partial charge in [0, 0.05) is 6.54 Å². The molecular formula is C10H15NO2. The van der Waals surface area contributed by atoms with Gasteiger partial charge in [-0.25, -0.2) is 0 Å². The largest absolute Gasteiger partial charge is 0.377 e. The average Bonchev–Trinajstić information content (AvgIpc) is 2.17. The fourth-order valence-electron chi connectivity index (χ4n) is 1.14. The van der Waals surface area contributed by atoms with Gasteiger partial charge in [-0.3, -0.25) is 4.79 Å². The summed E-state index contributed by atoms with van der Waals surface area (Å²) in [5.41, 5.74) is 1.25. The number of carbonyl (C=O) groups is 1. The highest BCUT2D eigenvalue weighted by Gasteiger charge is 2.03. The van der Waals surface area contributed by atoms with Crippen LogP contribution in [0.5, 0.6) is 0 Å². The van der Waals surface area contributed by atoms with Gasteiger partial charge in [-0.1, -0.05) is 17.7 Å². The maximum Gasteiger partial charge on any atom is 0.243 e. The second-order valence-electron chi connectivity index (χ2n) is 2.91. The van der Waals surface area contributed by atoms with Crippen molar-refractivity contribution in [1.82, 2.24) is 5.32 Å². The minimum absolute atomic E-state index is 0.0325. The lowest BCUT2D eigenvalue weighted by atomic mass is 10.1. The van der Waals surface area contributed by atoms with E-state index in [0.717, 1.165) is 13.0 Å². The van der Waals surface area contributed by atoms with Crippen LogP contribution in [0, 0.1) is 0 Å². The Morgan fingerprint density at radius 2 is 2.62 bits per heavy atom. The molecule has 1 aliphatic rings. The topological polar surface area (TPSA) is 38.3 Å². The molecule has 0 saturated carbocycles. The van der Waals surface area contributed by atoms with Crippen molar-refractivity contribution < 1.29 is 9.53 Å². The summed E-state index contributed by atoms with van der Waals surface area (Å²) in [4.78, 5) is 11.0. The van der Waals surface area contributed by atoms with Gasteiger partial charge in [0.1, 0.15) is 0 Å². The molecule has 0 aromatic rings. The normalized spacial score (nSPS) is 17.2. The minimum atomic E-state index is -0.0325. The fourth-order valence-corrected chi connectivity index (χ4v) is 1.14. The molecule has 0 aromatic heterocycles. The summed E-state index contributed by atoms with van der Waals surface area (Å²) in [5, 5.41) is 2.80. The molecule has 3 heteroatoms. The first-order chi connectivity index (χ1) is 6.33. The van der Waals surface area contributed by atoms with E-state index in [1.165, 1.54) is 11.6 Å². The fraction of sp³-hybridized carbons (Fsp3) is 0.500. The quantitative estimate of drug-likeness (QED) is 0.521. The van der Waals surface area contributed by atoms with E-state index >= 15 is 0 Å². The molecular weight excluding hydrogens is 166 g/mol. The summed E-state index contributed by atoms with van der Waals surface area (Å²) in [6, 6.07) is 0. The Bertz CT molecular complexity index is 231. The third-order valence-corrected chi connectivity index (χ3v) is 1.87. The standard InChI is InChI=1S/C10H15NO2/c1-2-3-10(12)11-8-9-4-6-13-7-5-9/h2-4H,5-8H2,1H3,(H,11,12)/b3-2+. The van der Waals surface area contributed by atoms with E-state index in [4.69, 9.17) is 4.74 Å². The molecule has 1 rings (SSSR count). The molecule has 1 N–H and O–H groups in total. The molecule has 0 radical (unpaired) electrons. The number of rotatable bonds is 3. The first-order valence-electron chi connectivity index (χ1n) is 4.49. The molecule has 1 heterocycles. The lowest BCUT2D eigenvalue weighted by Gasteiger charge is -2.13. The molecule has 0 bridgehead atoms. The zero-order valence-electron chi connectivity index (χ0n) is 7.88. The molecule has 3 nitrogen and oxygen atoms in total. The van der Waals surface area contributed by atoms with Crippen LogP contribution in [0.1, 0.15) is 13.3 Å². The van der Waals surface area contributed by atoms with Gasteiger partial charge in [0.25, 0.3) is 0 Å². The Kier molecular flexibility index (Phi) is 4.26. The third-order valence-electron chi connectivity index (χ3n) is 1.87. The van der Waals surface area contributed by atoms with Crippen LogP contribution in [0.3, 0.4) is 0 Å². The van der Waals surface area contributed by atoms with Crippen LogP contribution in [0.4, 0.5) is 0 Å². The molecule has 0 spiro atoms. The van der Waals surface area contributed by atoms with Crippen LogP contribution in [0.15, 0.2) is 23.8 Å². The Balaban J connectivity index is 2.25. The second-order valence-corrected chi connectivity index (χ2v) is 2.91. The van der Waals surface area contributed by atoms with Crippen LogP contribution in [0.25, 0.3) is 0 Å². The molecule has 13 heavy (non-hydrogen) atoms. The van der Waals surface area contributed by atoms with Crippen LogP contribution in [-0.4, -0.2) is 25.7 Å². The minimum Gasteiger partial charge on any atom is -0.377 e. The highest BCUT2D eigenvalue weighted by Crippen LogP contribution is 2.05. The molecule has 0 unspecified atom stereocenters. The van der Waals surface area contributed by atoms with Gasteiger partial charge < -0.3 is 10.1 Å².